The Morgan fingerprint density at radius 2 is 1.52 bits per heavy atom. The standard InChI is InChI=1S/C17H20N2O2/c1-11-6-7-18-16(20)14-8-12-4-2-3-5-13(12)9-15(14)17(21)19(18)10-11/h8-9,11H,2-7,10H2,1H3. The van der Waals surface area contributed by atoms with E-state index in [4.69, 9.17) is 0 Å². The van der Waals surface area contributed by atoms with Gasteiger partial charge in [-0.2, -0.15) is 0 Å². The van der Waals surface area contributed by atoms with Crippen LogP contribution in [0.4, 0.5) is 0 Å². The van der Waals surface area contributed by atoms with Crippen LogP contribution in [0, 0.1) is 5.92 Å². The van der Waals surface area contributed by atoms with Crippen LogP contribution in [0.3, 0.4) is 0 Å². The maximum absolute atomic E-state index is 12.8. The van der Waals surface area contributed by atoms with E-state index < -0.39 is 0 Å². The summed E-state index contributed by atoms with van der Waals surface area (Å²) < 4.78 is 3.31. The minimum atomic E-state index is 0.00419. The Morgan fingerprint density at radius 3 is 2.14 bits per heavy atom. The average molecular weight is 284 g/mol. The lowest BCUT2D eigenvalue weighted by molar-refractivity contribution is 0.266. The van der Waals surface area contributed by atoms with Gasteiger partial charge in [0.1, 0.15) is 0 Å². The summed E-state index contributed by atoms with van der Waals surface area (Å²) in [5, 5.41) is 1.23. The summed E-state index contributed by atoms with van der Waals surface area (Å²) in [7, 11) is 0. The topological polar surface area (TPSA) is 44.0 Å². The Labute approximate surface area is 123 Å². The molecule has 4 nitrogen and oxygen atoms in total. The summed E-state index contributed by atoms with van der Waals surface area (Å²) in [6, 6.07) is 3.97. The second kappa shape index (κ2) is 4.58. The van der Waals surface area contributed by atoms with Gasteiger partial charge in [-0.25, -0.2) is 9.36 Å². The molecule has 1 aromatic heterocycles. The van der Waals surface area contributed by atoms with Crippen molar-refractivity contribution in [3.05, 3.63) is 44.0 Å². The normalized spacial score (nSPS) is 21.1. The molecule has 0 radical (unpaired) electrons. The van der Waals surface area contributed by atoms with Crippen LogP contribution in [0.25, 0.3) is 10.8 Å². The number of benzene rings is 1. The molecule has 0 saturated carbocycles. The van der Waals surface area contributed by atoms with E-state index in [1.54, 1.807) is 9.36 Å². The van der Waals surface area contributed by atoms with Crippen LogP contribution in [-0.4, -0.2) is 9.36 Å². The molecule has 1 unspecified atom stereocenters. The Morgan fingerprint density at radius 1 is 0.952 bits per heavy atom. The van der Waals surface area contributed by atoms with Crippen molar-refractivity contribution in [3.63, 3.8) is 0 Å². The van der Waals surface area contributed by atoms with E-state index in [-0.39, 0.29) is 11.1 Å². The first-order chi connectivity index (χ1) is 10.1. The van der Waals surface area contributed by atoms with Gasteiger partial charge in [0.25, 0.3) is 11.1 Å². The van der Waals surface area contributed by atoms with Gasteiger partial charge >= 0.3 is 0 Å². The molecule has 4 rings (SSSR count). The molecule has 0 bridgehead atoms. The Bertz CT molecular complexity index is 844. The van der Waals surface area contributed by atoms with Crippen molar-refractivity contribution >= 4 is 10.8 Å². The number of hydrogen-bond acceptors (Lipinski definition) is 2. The minimum Gasteiger partial charge on any atom is -0.267 e. The molecule has 0 spiro atoms. The van der Waals surface area contributed by atoms with E-state index in [2.05, 4.69) is 6.92 Å². The lowest BCUT2D eigenvalue weighted by atomic mass is 9.90. The van der Waals surface area contributed by atoms with Crippen molar-refractivity contribution in [2.75, 3.05) is 0 Å². The van der Waals surface area contributed by atoms with Crippen molar-refractivity contribution in [2.24, 2.45) is 5.92 Å². The Hall–Kier alpha value is -1.84. The van der Waals surface area contributed by atoms with Crippen molar-refractivity contribution in [2.45, 2.75) is 52.1 Å². The van der Waals surface area contributed by atoms with E-state index in [9.17, 15) is 9.59 Å². The predicted molar refractivity (Wildman–Crippen MR) is 82.9 cm³/mol. The van der Waals surface area contributed by atoms with Gasteiger partial charge in [0.05, 0.1) is 10.8 Å². The van der Waals surface area contributed by atoms with E-state index in [0.717, 1.165) is 19.3 Å². The van der Waals surface area contributed by atoms with E-state index in [1.807, 2.05) is 12.1 Å². The lowest BCUT2D eigenvalue weighted by Crippen LogP contribution is -2.43. The SMILES string of the molecule is CC1CCn2c(=O)c3cc4c(cc3c(=O)n2C1)CCCC4. The molecule has 0 saturated heterocycles. The lowest BCUT2D eigenvalue weighted by Gasteiger charge is -2.26. The maximum Gasteiger partial charge on any atom is 0.273 e. The molecule has 4 heteroatoms. The minimum absolute atomic E-state index is 0.00419. The Kier molecular flexibility index (Phi) is 2.81. The molecule has 2 heterocycles. The first kappa shape index (κ1) is 12.9. The highest BCUT2D eigenvalue weighted by atomic mass is 16.2. The second-order valence-corrected chi connectivity index (χ2v) is 6.58. The number of rotatable bonds is 0. The molecular weight excluding hydrogens is 264 g/mol. The van der Waals surface area contributed by atoms with Gasteiger partial charge in [0.15, 0.2) is 0 Å². The van der Waals surface area contributed by atoms with Gasteiger partial charge < -0.3 is 0 Å². The molecule has 21 heavy (non-hydrogen) atoms. The maximum atomic E-state index is 12.8. The first-order valence-electron chi connectivity index (χ1n) is 7.94. The van der Waals surface area contributed by atoms with Crippen LogP contribution < -0.4 is 11.1 Å². The van der Waals surface area contributed by atoms with Crippen LogP contribution in [-0.2, 0) is 25.9 Å². The van der Waals surface area contributed by atoms with Crippen molar-refractivity contribution in [1.29, 1.82) is 0 Å². The number of fused-ring (bicyclic) bond motifs is 3. The molecule has 1 aromatic carbocycles. The average Bonchev–Trinajstić information content (AvgIpc) is 2.51. The third kappa shape index (κ3) is 1.88. The van der Waals surface area contributed by atoms with Crippen molar-refractivity contribution in [1.82, 2.24) is 9.36 Å². The zero-order chi connectivity index (χ0) is 14.6. The fourth-order valence-electron chi connectivity index (χ4n) is 3.77. The quantitative estimate of drug-likeness (QED) is 0.743. The fraction of sp³-hybridized carbons (Fsp3) is 0.529. The molecule has 0 N–H and O–H groups in total. The van der Waals surface area contributed by atoms with E-state index >= 15 is 0 Å². The highest BCUT2D eigenvalue weighted by Gasteiger charge is 2.21. The van der Waals surface area contributed by atoms with Crippen LogP contribution in [0.15, 0.2) is 21.7 Å². The van der Waals surface area contributed by atoms with Gasteiger partial charge in [0, 0.05) is 13.1 Å². The molecule has 1 aliphatic carbocycles. The number of hydrogen-bond donors (Lipinski definition) is 0. The van der Waals surface area contributed by atoms with Gasteiger partial charge in [-0.1, -0.05) is 6.92 Å². The largest absolute Gasteiger partial charge is 0.273 e. The summed E-state index contributed by atoms with van der Waals surface area (Å²) in [6.07, 6.45) is 5.40. The summed E-state index contributed by atoms with van der Waals surface area (Å²) in [5.74, 6) is 0.456. The molecular formula is C17H20N2O2. The molecule has 1 aliphatic heterocycles. The van der Waals surface area contributed by atoms with Crippen molar-refractivity contribution in [3.8, 4) is 0 Å². The first-order valence-corrected chi connectivity index (χ1v) is 7.94. The summed E-state index contributed by atoms with van der Waals surface area (Å²) >= 11 is 0. The van der Waals surface area contributed by atoms with Crippen molar-refractivity contribution < 1.29 is 0 Å². The molecule has 1 atom stereocenters. The Balaban J connectivity index is 2.07. The third-order valence-corrected chi connectivity index (χ3v) is 5.02. The summed E-state index contributed by atoms with van der Waals surface area (Å²) in [4.78, 5) is 25.5. The number of nitrogens with zero attached hydrogens (tertiary/aromatic N) is 2. The predicted octanol–water partition coefficient (Wildman–Crippen LogP) is 2.08. The van der Waals surface area contributed by atoms with E-state index in [1.165, 1.54) is 24.0 Å². The van der Waals surface area contributed by atoms with Gasteiger partial charge in [-0.15, -0.1) is 0 Å². The monoisotopic (exact) mass is 284 g/mol. The van der Waals surface area contributed by atoms with Gasteiger partial charge in [-0.05, 0) is 61.3 Å². The smallest absolute Gasteiger partial charge is 0.267 e. The zero-order valence-electron chi connectivity index (χ0n) is 12.4. The van der Waals surface area contributed by atoms with Crippen LogP contribution in [0.5, 0.6) is 0 Å². The number of aromatic nitrogens is 2. The van der Waals surface area contributed by atoms with Gasteiger partial charge in [0.2, 0.25) is 0 Å². The molecule has 2 aliphatic rings. The van der Waals surface area contributed by atoms with Crippen LogP contribution in [0.2, 0.25) is 0 Å². The molecule has 0 amide bonds. The van der Waals surface area contributed by atoms with Crippen LogP contribution in [0.1, 0.15) is 37.3 Å². The second-order valence-electron chi connectivity index (χ2n) is 6.58. The van der Waals surface area contributed by atoms with E-state index in [0.29, 0.717) is 29.8 Å². The van der Waals surface area contributed by atoms with Crippen LogP contribution >= 0.6 is 0 Å². The van der Waals surface area contributed by atoms with Gasteiger partial charge in [-0.3, -0.25) is 9.59 Å². The highest BCUT2D eigenvalue weighted by Crippen LogP contribution is 2.24. The molecule has 0 fully saturated rings. The molecule has 110 valence electrons. The molecule has 2 aromatic rings. The number of aryl methyl sites for hydroxylation is 2. The zero-order valence-corrected chi connectivity index (χ0v) is 12.4. The summed E-state index contributed by atoms with van der Waals surface area (Å²) in [5.41, 5.74) is 2.54. The fourth-order valence-corrected chi connectivity index (χ4v) is 3.77. The third-order valence-electron chi connectivity index (χ3n) is 5.02. The summed E-state index contributed by atoms with van der Waals surface area (Å²) in [6.45, 7) is 3.45. The highest BCUT2D eigenvalue weighted by molar-refractivity contribution is 5.82.